The molecular formula is C18H28O3. The first-order valence-electron chi connectivity index (χ1n) is 7.97. The highest BCUT2D eigenvalue weighted by atomic mass is 16.5. The lowest BCUT2D eigenvalue weighted by Crippen LogP contribution is -2.00. The quantitative estimate of drug-likeness (QED) is 0.424. The van der Waals surface area contributed by atoms with Crippen LogP contribution in [0.15, 0.2) is 18.2 Å². The molecule has 118 valence electrons. The van der Waals surface area contributed by atoms with Crippen molar-refractivity contribution in [2.45, 2.75) is 58.3 Å². The van der Waals surface area contributed by atoms with Gasteiger partial charge in [-0.05, 0) is 18.6 Å². The zero-order valence-electron chi connectivity index (χ0n) is 13.6. The molecule has 0 aliphatic carbocycles. The van der Waals surface area contributed by atoms with Crippen molar-refractivity contribution < 1.29 is 14.3 Å². The van der Waals surface area contributed by atoms with Crippen molar-refractivity contribution >= 4 is 5.78 Å². The Bertz CT molecular complexity index is 404. The minimum atomic E-state index is 0.167. The summed E-state index contributed by atoms with van der Waals surface area (Å²) in [5.74, 6) is 1.50. The minimum absolute atomic E-state index is 0.167. The van der Waals surface area contributed by atoms with Gasteiger partial charge in [0.2, 0.25) is 0 Å². The van der Waals surface area contributed by atoms with E-state index in [1.165, 1.54) is 32.1 Å². The van der Waals surface area contributed by atoms with Gasteiger partial charge in [-0.2, -0.15) is 0 Å². The zero-order chi connectivity index (χ0) is 15.5. The molecule has 21 heavy (non-hydrogen) atoms. The summed E-state index contributed by atoms with van der Waals surface area (Å²) >= 11 is 0. The van der Waals surface area contributed by atoms with Crippen molar-refractivity contribution in [2.75, 3.05) is 14.2 Å². The van der Waals surface area contributed by atoms with Gasteiger partial charge in [-0.15, -0.1) is 0 Å². The summed E-state index contributed by atoms with van der Waals surface area (Å²) in [4.78, 5) is 12.2. The van der Waals surface area contributed by atoms with Gasteiger partial charge in [0.05, 0.1) is 14.2 Å². The number of carbonyl (C=O) groups is 1. The molecule has 0 aliphatic rings. The summed E-state index contributed by atoms with van der Waals surface area (Å²) in [6.45, 7) is 2.22. The van der Waals surface area contributed by atoms with Crippen molar-refractivity contribution in [3.63, 3.8) is 0 Å². The van der Waals surface area contributed by atoms with Gasteiger partial charge in [-0.25, -0.2) is 0 Å². The van der Waals surface area contributed by atoms with E-state index in [4.69, 9.17) is 9.47 Å². The molecule has 0 aromatic heterocycles. The molecule has 1 aromatic rings. The fourth-order valence-corrected chi connectivity index (χ4v) is 2.36. The van der Waals surface area contributed by atoms with Crippen LogP contribution in [0, 0.1) is 0 Å². The lowest BCUT2D eigenvalue weighted by atomic mass is 10.0. The first-order valence-corrected chi connectivity index (χ1v) is 7.97. The van der Waals surface area contributed by atoms with E-state index in [-0.39, 0.29) is 5.78 Å². The van der Waals surface area contributed by atoms with Gasteiger partial charge < -0.3 is 9.47 Å². The number of ketones is 1. The van der Waals surface area contributed by atoms with Crippen LogP contribution in [0.4, 0.5) is 0 Å². The Morgan fingerprint density at radius 3 is 1.90 bits per heavy atom. The summed E-state index contributed by atoms with van der Waals surface area (Å²) < 4.78 is 10.4. The molecule has 0 spiro atoms. The number of carbonyl (C=O) groups excluding carboxylic acids is 1. The van der Waals surface area contributed by atoms with Crippen molar-refractivity contribution in [1.82, 2.24) is 0 Å². The van der Waals surface area contributed by atoms with Crippen molar-refractivity contribution in [3.05, 3.63) is 23.8 Å². The van der Waals surface area contributed by atoms with Gasteiger partial charge in [-0.1, -0.05) is 45.4 Å². The first-order chi connectivity index (χ1) is 10.2. The topological polar surface area (TPSA) is 35.5 Å². The van der Waals surface area contributed by atoms with Gasteiger partial charge in [-0.3, -0.25) is 4.79 Å². The molecule has 0 bridgehead atoms. The van der Waals surface area contributed by atoms with Gasteiger partial charge in [0.1, 0.15) is 11.5 Å². The number of ether oxygens (including phenoxy) is 2. The maximum Gasteiger partial charge on any atom is 0.163 e. The van der Waals surface area contributed by atoms with Crippen molar-refractivity contribution in [1.29, 1.82) is 0 Å². The molecule has 0 aliphatic heterocycles. The fraction of sp³-hybridized carbons (Fsp3) is 0.611. The van der Waals surface area contributed by atoms with E-state index in [0.717, 1.165) is 12.8 Å². The van der Waals surface area contributed by atoms with E-state index in [2.05, 4.69) is 6.92 Å². The molecule has 0 heterocycles. The highest BCUT2D eigenvalue weighted by molar-refractivity contribution is 5.96. The maximum absolute atomic E-state index is 12.2. The molecule has 0 radical (unpaired) electrons. The highest BCUT2D eigenvalue weighted by Crippen LogP contribution is 2.24. The fourth-order valence-electron chi connectivity index (χ4n) is 2.36. The Morgan fingerprint density at radius 2 is 1.38 bits per heavy atom. The summed E-state index contributed by atoms with van der Waals surface area (Å²) in [7, 11) is 3.19. The summed E-state index contributed by atoms with van der Waals surface area (Å²) in [6.07, 6.45) is 9.13. The van der Waals surface area contributed by atoms with Crippen LogP contribution in [0.2, 0.25) is 0 Å². The van der Waals surface area contributed by atoms with Crippen LogP contribution in [0.5, 0.6) is 11.5 Å². The second-order valence-corrected chi connectivity index (χ2v) is 5.40. The average Bonchev–Trinajstić information content (AvgIpc) is 2.53. The van der Waals surface area contributed by atoms with Crippen molar-refractivity contribution in [3.8, 4) is 11.5 Å². The number of unbranched alkanes of at least 4 members (excludes halogenated alkanes) is 6. The van der Waals surface area contributed by atoms with E-state index < -0.39 is 0 Å². The number of methoxy groups -OCH3 is 2. The second-order valence-electron chi connectivity index (χ2n) is 5.40. The number of hydrogen-bond donors (Lipinski definition) is 0. The van der Waals surface area contributed by atoms with E-state index in [1.54, 1.807) is 32.4 Å². The number of hydrogen-bond acceptors (Lipinski definition) is 3. The molecule has 0 unspecified atom stereocenters. The Hall–Kier alpha value is -1.51. The van der Waals surface area contributed by atoms with Gasteiger partial charge in [0.15, 0.2) is 5.78 Å². The Morgan fingerprint density at radius 1 is 0.857 bits per heavy atom. The van der Waals surface area contributed by atoms with Crippen LogP contribution >= 0.6 is 0 Å². The van der Waals surface area contributed by atoms with Gasteiger partial charge in [0, 0.05) is 18.1 Å². The third-order valence-electron chi connectivity index (χ3n) is 3.68. The van der Waals surface area contributed by atoms with E-state index >= 15 is 0 Å². The van der Waals surface area contributed by atoms with Crippen LogP contribution in [-0.4, -0.2) is 20.0 Å². The predicted molar refractivity (Wildman–Crippen MR) is 86.5 cm³/mol. The maximum atomic E-state index is 12.2. The van der Waals surface area contributed by atoms with Gasteiger partial charge in [0.25, 0.3) is 0 Å². The van der Waals surface area contributed by atoms with E-state index in [0.29, 0.717) is 23.5 Å². The minimum Gasteiger partial charge on any atom is -0.497 e. The van der Waals surface area contributed by atoms with E-state index in [9.17, 15) is 4.79 Å². The summed E-state index contributed by atoms with van der Waals surface area (Å²) in [5, 5.41) is 0. The summed E-state index contributed by atoms with van der Waals surface area (Å²) in [5.41, 5.74) is 0.678. The molecule has 1 aromatic carbocycles. The lowest BCUT2D eigenvalue weighted by molar-refractivity contribution is 0.0978. The zero-order valence-corrected chi connectivity index (χ0v) is 13.6. The molecule has 0 saturated carbocycles. The monoisotopic (exact) mass is 292 g/mol. The molecule has 0 N–H and O–H groups in total. The summed E-state index contributed by atoms with van der Waals surface area (Å²) in [6, 6.07) is 5.35. The number of Topliss-reactive ketones (excluding diaryl/α,β-unsaturated/α-hetero) is 1. The average molecular weight is 292 g/mol. The molecule has 0 saturated heterocycles. The number of benzene rings is 1. The third kappa shape index (κ3) is 6.65. The highest BCUT2D eigenvalue weighted by Gasteiger charge is 2.09. The van der Waals surface area contributed by atoms with Crippen LogP contribution in [0.25, 0.3) is 0 Å². The van der Waals surface area contributed by atoms with Crippen LogP contribution in [0.3, 0.4) is 0 Å². The standard InChI is InChI=1S/C18H28O3/c1-4-5-6-7-8-9-10-11-18(19)15-12-16(20-2)14-17(13-15)21-3/h12-14H,4-11H2,1-3H3. The molecule has 0 atom stereocenters. The number of rotatable bonds is 11. The van der Waals surface area contributed by atoms with Crippen LogP contribution < -0.4 is 9.47 Å². The Labute approximate surface area is 128 Å². The van der Waals surface area contributed by atoms with E-state index in [1.807, 2.05) is 0 Å². The molecule has 3 nitrogen and oxygen atoms in total. The van der Waals surface area contributed by atoms with Crippen LogP contribution in [0.1, 0.15) is 68.6 Å². The largest absolute Gasteiger partial charge is 0.497 e. The molecular weight excluding hydrogens is 264 g/mol. The predicted octanol–water partition coefficient (Wildman–Crippen LogP) is 5.03. The third-order valence-corrected chi connectivity index (χ3v) is 3.68. The Balaban J connectivity index is 2.38. The second kappa shape index (κ2) is 10.3. The molecule has 0 amide bonds. The SMILES string of the molecule is CCCCCCCCCC(=O)c1cc(OC)cc(OC)c1. The lowest BCUT2D eigenvalue weighted by Gasteiger charge is -2.08. The van der Waals surface area contributed by atoms with Crippen molar-refractivity contribution in [2.24, 2.45) is 0 Å². The normalized spacial score (nSPS) is 10.4. The molecule has 3 heteroatoms. The smallest absolute Gasteiger partial charge is 0.163 e. The first kappa shape index (κ1) is 17.5. The van der Waals surface area contributed by atoms with Crippen LogP contribution in [-0.2, 0) is 0 Å². The van der Waals surface area contributed by atoms with Gasteiger partial charge >= 0.3 is 0 Å². The molecule has 0 fully saturated rings. The molecule has 1 rings (SSSR count). The Kier molecular flexibility index (Phi) is 8.56.